The average Bonchev–Trinajstić information content (AvgIpc) is 2.79. The summed E-state index contributed by atoms with van der Waals surface area (Å²) in [6.07, 6.45) is 0. The van der Waals surface area contributed by atoms with E-state index < -0.39 is 0 Å². The Morgan fingerprint density at radius 3 is 0.697 bits per heavy atom. The molecular weight excluding hydrogens is 1120 g/mol. The number of hydrogen-bond acceptors (Lipinski definition) is 0. The zero-order valence-corrected chi connectivity index (χ0v) is 51.0. The van der Waals surface area contributed by atoms with E-state index in [0.29, 0.717) is 72.3 Å². The lowest BCUT2D eigenvalue weighted by atomic mass is 9.97. The Morgan fingerprint density at radius 2 is 0.360 bits per heavy atom. The molecule has 0 N–H and O–H groups in total. The third-order valence-electron chi connectivity index (χ3n) is 15.7. The van der Waals surface area contributed by atoms with E-state index in [1.54, 1.807) is 86.6 Å². The molecule has 0 fully saturated rings. The Morgan fingerprint density at radius 1 is 0.146 bits per heavy atom. The maximum atomic E-state index is 14.5. The third-order valence-corrected chi connectivity index (χ3v) is 15.7. The van der Waals surface area contributed by atoms with Crippen molar-refractivity contribution in [1.82, 2.24) is 0 Å². The Kier molecular flexibility index (Phi) is 20.2. The summed E-state index contributed by atoms with van der Waals surface area (Å²) < 4.78 is 113. The van der Waals surface area contributed by atoms with Crippen LogP contribution in [-0.4, -0.2) is 0 Å². The number of benzene rings is 12. The van der Waals surface area contributed by atoms with Gasteiger partial charge in [-0.25, -0.2) is 35.1 Å². The highest BCUT2D eigenvalue weighted by Gasteiger charge is 2.15. The van der Waals surface area contributed by atoms with E-state index >= 15 is 0 Å². The Balaban J connectivity index is 0.000000141. The second-order valence-corrected chi connectivity index (χ2v) is 22.6. The van der Waals surface area contributed by atoms with Crippen LogP contribution in [0.4, 0.5) is 35.1 Å². The highest BCUT2D eigenvalue weighted by molar-refractivity contribution is 5.76. The van der Waals surface area contributed by atoms with E-state index in [9.17, 15) is 35.1 Å². The van der Waals surface area contributed by atoms with Crippen molar-refractivity contribution in [3.8, 4) is 89.0 Å². The van der Waals surface area contributed by atoms with Gasteiger partial charge >= 0.3 is 0 Å². The maximum absolute atomic E-state index is 14.5. The van der Waals surface area contributed by atoms with Crippen molar-refractivity contribution < 1.29 is 35.1 Å². The van der Waals surface area contributed by atoms with Crippen LogP contribution < -0.4 is 0 Å². The molecule has 0 heterocycles. The van der Waals surface area contributed by atoms with E-state index in [1.807, 2.05) is 164 Å². The van der Waals surface area contributed by atoms with E-state index in [1.165, 1.54) is 54.1 Å². The van der Waals surface area contributed by atoms with Crippen LogP contribution in [0.2, 0.25) is 0 Å². The second-order valence-electron chi connectivity index (χ2n) is 22.6. The summed E-state index contributed by atoms with van der Waals surface area (Å²) >= 11 is 0. The van der Waals surface area contributed by atoms with Crippen LogP contribution in [0.25, 0.3) is 89.0 Å². The largest absolute Gasteiger partial charge is 0.207 e. The lowest BCUT2D eigenvalue weighted by Crippen LogP contribution is -1.90. The first-order chi connectivity index (χ1) is 42.6. The molecule has 8 heteroatoms. The minimum Gasteiger partial charge on any atom is -0.207 e. The normalized spacial score (nSPS) is 10.8. The molecule has 0 aliphatic heterocycles. The average molecular weight is 1190 g/mol. The maximum Gasteiger partial charge on any atom is 0.131 e. The van der Waals surface area contributed by atoms with Gasteiger partial charge in [0.1, 0.15) is 46.5 Å². The molecule has 0 aliphatic carbocycles. The summed E-state index contributed by atoms with van der Waals surface area (Å²) in [5.74, 6) is -2.60. The molecule has 0 saturated carbocycles. The van der Waals surface area contributed by atoms with E-state index in [4.69, 9.17) is 0 Å². The molecule has 12 rings (SSSR count). The number of aryl methyl sites for hydroxylation is 9. The molecule has 0 bridgehead atoms. The summed E-state index contributed by atoms with van der Waals surface area (Å²) in [5.41, 5.74) is 18.7. The third kappa shape index (κ3) is 15.8. The fraction of sp³-hybridized carbons (Fsp3) is 0.111. The van der Waals surface area contributed by atoms with Crippen LogP contribution >= 0.6 is 0 Å². The molecule has 0 aliphatic rings. The number of hydrogen-bond donors (Lipinski definition) is 0. The summed E-state index contributed by atoms with van der Waals surface area (Å²) in [5, 5.41) is 0. The van der Waals surface area contributed by atoms with Gasteiger partial charge in [-0.05, 0) is 200 Å². The molecule has 0 spiro atoms. The first-order valence-corrected chi connectivity index (χ1v) is 29.1. The molecule has 446 valence electrons. The van der Waals surface area contributed by atoms with E-state index in [-0.39, 0.29) is 46.5 Å². The predicted molar refractivity (Wildman–Crippen MR) is 352 cm³/mol. The van der Waals surface area contributed by atoms with Gasteiger partial charge in [-0.1, -0.05) is 205 Å². The summed E-state index contributed by atoms with van der Waals surface area (Å²) in [6, 6.07) is 68.7. The van der Waals surface area contributed by atoms with Crippen molar-refractivity contribution >= 4 is 0 Å². The molecule has 89 heavy (non-hydrogen) atoms. The molecular formula is C81H66F8. The molecule has 0 radical (unpaired) electrons. The first-order valence-electron chi connectivity index (χ1n) is 29.1. The Bertz CT molecular complexity index is 4480. The highest BCUT2D eigenvalue weighted by atomic mass is 19.2. The zero-order chi connectivity index (χ0) is 63.6. The van der Waals surface area contributed by atoms with Gasteiger partial charge < -0.3 is 0 Å². The fourth-order valence-corrected chi connectivity index (χ4v) is 10.1. The summed E-state index contributed by atoms with van der Waals surface area (Å²) in [6.45, 7) is 17.1. The van der Waals surface area contributed by atoms with Crippen molar-refractivity contribution in [3.63, 3.8) is 0 Å². The highest BCUT2D eigenvalue weighted by Crippen LogP contribution is 2.35. The first kappa shape index (κ1) is 63.6. The van der Waals surface area contributed by atoms with Crippen LogP contribution in [-0.2, 0) is 0 Å². The van der Waals surface area contributed by atoms with Crippen molar-refractivity contribution in [2.24, 2.45) is 0 Å². The smallest absolute Gasteiger partial charge is 0.131 e. The molecule has 0 aromatic heterocycles. The predicted octanol–water partition coefficient (Wildman–Crippen LogP) is 24.0. The number of halogens is 8. The molecule has 12 aromatic carbocycles. The standard InChI is InChI=1S/C21H18F2.3C20H16F2/c1-13-4-8-18(20(22)10-13)17-7-9-19(21(23)12-17)16-6-5-14(2)15(3)11-16;1-13-3-6-15(7-4-13)17-10-8-16(12-20(17)22)18-9-5-14(2)11-19(18)21;1-13-3-6-15(7-4-13)16-9-10-18(20(22)11-16)17-8-5-14(2)19(21)12-17;1-13-3-6-15(7-4-13)18-10-9-17(12-20(18)22)16-8-5-14(2)19(21)11-16/h4-12H,1-3H3;3*3-12H,1-2H3. The second kappa shape index (κ2) is 28.3. The topological polar surface area (TPSA) is 0 Å². The minimum absolute atomic E-state index is 0.277. The van der Waals surface area contributed by atoms with Crippen LogP contribution in [0.1, 0.15) is 50.1 Å². The van der Waals surface area contributed by atoms with Gasteiger partial charge in [0, 0.05) is 33.4 Å². The van der Waals surface area contributed by atoms with Crippen LogP contribution in [0, 0.1) is 109 Å². The van der Waals surface area contributed by atoms with E-state index in [0.717, 1.165) is 61.2 Å². The van der Waals surface area contributed by atoms with Crippen molar-refractivity contribution in [1.29, 1.82) is 0 Å². The summed E-state index contributed by atoms with van der Waals surface area (Å²) in [7, 11) is 0. The molecule has 0 unspecified atom stereocenters. The molecule has 0 amide bonds. The summed E-state index contributed by atoms with van der Waals surface area (Å²) in [4.78, 5) is 0. The van der Waals surface area contributed by atoms with Gasteiger partial charge in [0.15, 0.2) is 0 Å². The van der Waals surface area contributed by atoms with Crippen LogP contribution in [0.5, 0.6) is 0 Å². The number of rotatable bonds is 8. The van der Waals surface area contributed by atoms with Gasteiger partial charge in [-0.15, -0.1) is 0 Å². The van der Waals surface area contributed by atoms with Crippen LogP contribution in [0.3, 0.4) is 0 Å². The Hall–Kier alpha value is -9.92. The molecule has 0 nitrogen and oxygen atoms in total. The van der Waals surface area contributed by atoms with Gasteiger partial charge in [0.25, 0.3) is 0 Å². The van der Waals surface area contributed by atoms with Gasteiger partial charge in [0.05, 0.1) is 0 Å². The SMILES string of the molecule is Cc1ccc(-c2ccc(-c3ccc(C)c(C)c3)c(F)c2)c(F)c1.Cc1ccc(-c2ccc(-c3ccc(C)c(F)c3)c(F)c2)cc1.Cc1ccc(-c2ccc(-c3ccc(C)c(F)c3)cc2F)cc1.Cc1ccc(-c2ccc(-c3ccc(C)cc3F)cc2F)cc1. The minimum atomic E-state index is -0.346. The Labute approximate surface area is 517 Å². The van der Waals surface area contributed by atoms with Gasteiger partial charge in [-0.3, -0.25) is 0 Å². The van der Waals surface area contributed by atoms with Crippen LogP contribution in [0.15, 0.2) is 237 Å². The van der Waals surface area contributed by atoms with Crippen molar-refractivity contribution in [3.05, 3.63) is 333 Å². The monoisotopic (exact) mass is 1190 g/mol. The molecule has 0 atom stereocenters. The van der Waals surface area contributed by atoms with Gasteiger partial charge in [0.2, 0.25) is 0 Å². The van der Waals surface area contributed by atoms with Gasteiger partial charge in [-0.2, -0.15) is 0 Å². The zero-order valence-electron chi connectivity index (χ0n) is 51.0. The quantitative estimate of drug-likeness (QED) is 0.133. The van der Waals surface area contributed by atoms with Crippen molar-refractivity contribution in [2.75, 3.05) is 0 Å². The fourth-order valence-electron chi connectivity index (χ4n) is 10.1. The molecule has 12 aromatic rings. The van der Waals surface area contributed by atoms with E-state index in [2.05, 4.69) is 0 Å². The molecule has 0 saturated heterocycles. The lowest BCUT2D eigenvalue weighted by Gasteiger charge is -2.10. The van der Waals surface area contributed by atoms with Crippen molar-refractivity contribution in [2.45, 2.75) is 62.3 Å². The lowest BCUT2D eigenvalue weighted by molar-refractivity contribution is 0.617.